The van der Waals surface area contributed by atoms with Crippen molar-refractivity contribution in [1.82, 2.24) is 9.78 Å². The lowest BCUT2D eigenvalue weighted by Gasteiger charge is -1.97. The van der Waals surface area contributed by atoms with Crippen LogP contribution in [0.2, 0.25) is 0 Å². The van der Waals surface area contributed by atoms with E-state index >= 15 is 0 Å². The quantitative estimate of drug-likeness (QED) is 0.561. The lowest BCUT2D eigenvalue weighted by atomic mass is 10.4. The highest BCUT2D eigenvalue weighted by molar-refractivity contribution is 9.08. The molecule has 0 saturated heterocycles. The van der Waals surface area contributed by atoms with Gasteiger partial charge < -0.3 is 0 Å². The van der Waals surface area contributed by atoms with Gasteiger partial charge in [0.15, 0.2) is 0 Å². The number of hydrogen-bond acceptors (Lipinski definition) is 2. The molecule has 0 radical (unpaired) electrons. The minimum absolute atomic E-state index is 0.886. The third kappa shape index (κ3) is 1.37. The lowest BCUT2D eigenvalue weighted by Crippen LogP contribution is -1.91. The second kappa shape index (κ2) is 3.44. The molecule has 1 heterocycles. The van der Waals surface area contributed by atoms with E-state index in [0.717, 1.165) is 5.33 Å². The predicted molar refractivity (Wildman–Crippen MR) is 47.6 cm³/mol. The smallest absolute Gasteiger partial charge is 0.0974 e. The summed E-state index contributed by atoms with van der Waals surface area (Å²) in [4.78, 5) is 0. The summed E-state index contributed by atoms with van der Waals surface area (Å²) in [5.74, 6) is 0. The van der Waals surface area contributed by atoms with Crippen molar-refractivity contribution in [1.29, 1.82) is 0 Å². The van der Waals surface area contributed by atoms with Gasteiger partial charge >= 0.3 is 0 Å². The molecule has 0 amide bonds. The van der Waals surface area contributed by atoms with Crippen molar-refractivity contribution < 1.29 is 0 Å². The fourth-order valence-electron chi connectivity index (χ4n) is 0.827. The number of rotatable bonds is 2. The van der Waals surface area contributed by atoms with Crippen molar-refractivity contribution in [2.75, 3.05) is 6.26 Å². The second-order valence-corrected chi connectivity index (χ2v) is 3.29. The van der Waals surface area contributed by atoms with Gasteiger partial charge in [0.1, 0.15) is 0 Å². The normalized spacial score (nSPS) is 10.3. The van der Waals surface area contributed by atoms with Crippen LogP contribution in [0.25, 0.3) is 0 Å². The van der Waals surface area contributed by atoms with E-state index in [-0.39, 0.29) is 0 Å². The van der Waals surface area contributed by atoms with Crippen LogP contribution in [0.3, 0.4) is 0 Å². The van der Waals surface area contributed by atoms with Crippen molar-refractivity contribution in [3.05, 3.63) is 11.8 Å². The molecule has 0 aliphatic rings. The zero-order valence-electron chi connectivity index (χ0n) is 5.97. The number of hydrogen-bond donors (Lipinski definition) is 0. The van der Waals surface area contributed by atoms with E-state index in [2.05, 4.69) is 27.3 Å². The molecule has 0 fully saturated rings. The highest BCUT2D eigenvalue weighted by Gasteiger charge is 2.03. The third-order valence-corrected chi connectivity index (χ3v) is 2.81. The number of aromatic nitrogens is 2. The van der Waals surface area contributed by atoms with E-state index in [1.54, 1.807) is 11.8 Å². The number of halogens is 1. The molecule has 0 unspecified atom stereocenters. The molecular weight excluding hydrogens is 212 g/mol. The number of aryl methyl sites for hydroxylation is 1. The van der Waals surface area contributed by atoms with Gasteiger partial charge in [-0.15, -0.1) is 11.8 Å². The maximum Gasteiger partial charge on any atom is 0.0974 e. The maximum atomic E-state index is 4.12. The van der Waals surface area contributed by atoms with Crippen LogP contribution < -0.4 is 0 Å². The number of alkyl halides is 1. The van der Waals surface area contributed by atoms with Gasteiger partial charge in [0.2, 0.25) is 0 Å². The molecule has 56 valence electrons. The van der Waals surface area contributed by atoms with Gasteiger partial charge in [-0.25, -0.2) is 0 Å². The minimum atomic E-state index is 0.886. The van der Waals surface area contributed by atoms with Crippen molar-refractivity contribution in [3.63, 3.8) is 0 Å². The Hall–Kier alpha value is 0.0400. The molecular formula is C6H9BrN2S. The van der Waals surface area contributed by atoms with Gasteiger partial charge in [-0.3, -0.25) is 4.68 Å². The van der Waals surface area contributed by atoms with Crippen molar-refractivity contribution in [2.45, 2.75) is 10.4 Å². The summed E-state index contributed by atoms with van der Waals surface area (Å²) in [6, 6.07) is 0. The molecule has 0 spiro atoms. The maximum absolute atomic E-state index is 4.12. The molecule has 1 aromatic rings. The Morgan fingerprint density at radius 1 is 1.80 bits per heavy atom. The van der Waals surface area contributed by atoms with Gasteiger partial charge in [-0.05, 0) is 6.26 Å². The van der Waals surface area contributed by atoms with Gasteiger partial charge in [0, 0.05) is 17.9 Å². The topological polar surface area (TPSA) is 17.8 Å². The van der Waals surface area contributed by atoms with Gasteiger partial charge in [-0.1, -0.05) is 15.9 Å². The van der Waals surface area contributed by atoms with Crippen molar-refractivity contribution in [3.8, 4) is 0 Å². The molecule has 1 rings (SSSR count). The van der Waals surface area contributed by atoms with E-state index in [0.29, 0.717) is 0 Å². The summed E-state index contributed by atoms with van der Waals surface area (Å²) >= 11 is 5.12. The molecule has 0 saturated carbocycles. The first-order valence-corrected chi connectivity index (χ1v) is 5.25. The molecule has 2 nitrogen and oxygen atoms in total. The Morgan fingerprint density at radius 3 is 2.90 bits per heavy atom. The van der Waals surface area contributed by atoms with Crippen LogP contribution in [-0.2, 0) is 12.4 Å². The summed E-state index contributed by atoms with van der Waals surface area (Å²) in [6.07, 6.45) is 3.95. The molecule has 10 heavy (non-hydrogen) atoms. The average molecular weight is 221 g/mol. The van der Waals surface area contributed by atoms with E-state index in [9.17, 15) is 0 Å². The Balaban J connectivity index is 3.01. The Labute approximate surface area is 73.1 Å². The minimum Gasteiger partial charge on any atom is -0.262 e. The van der Waals surface area contributed by atoms with Gasteiger partial charge in [0.05, 0.1) is 11.2 Å². The van der Waals surface area contributed by atoms with Gasteiger partial charge in [0.25, 0.3) is 0 Å². The summed E-state index contributed by atoms with van der Waals surface area (Å²) in [6.45, 7) is 0. The molecule has 1 aromatic heterocycles. The van der Waals surface area contributed by atoms with Crippen LogP contribution in [0.15, 0.2) is 11.2 Å². The monoisotopic (exact) mass is 220 g/mol. The molecule has 0 aliphatic carbocycles. The zero-order chi connectivity index (χ0) is 7.56. The van der Waals surface area contributed by atoms with Crippen molar-refractivity contribution in [2.24, 2.45) is 7.05 Å². The summed E-state index contributed by atoms with van der Waals surface area (Å²) in [5, 5.41) is 6.24. The molecule has 0 aromatic carbocycles. The zero-order valence-corrected chi connectivity index (χ0v) is 8.37. The van der Waals surface area contributed by atoms with Crippen LogP contribution >= 0.6 is 27.7 Å². The van der Waals surface area contributed by atoms with E-state index in [1.807, 2.05) is 17.9 Å². The summed E-state index contributed by atoms with van der Waals surface area (Å²) < 4.78 is 1.89. The van der Waals surface area contributed by atoms with E-state index < -0.39 is 0 Å². The predicted octanol–water partition coefficient (Wildman–Crippen LogP) is 2.04. The molecule has 0 aliphatic heterocycles. The molecule has 0 atom stereocenters. The average Bonchev–Trinajstić information content (AvgIpc) is 2.30. The largest absolute Gasteiger partial charge is 0.262 e. The Kier molecular flexibility index (Phi) is 2.80. The van der Waals surface area contributed by atoms with Crippen molar-refractivity contribution >= 4 is 27.7 Å². The fraction of sp³-hybridized carbons (Fsp3) is 0.500. The summed E-state index contributed by atoms with van der Waals surface area (Å²) in [7, 11) is 1.96. The first-order valence-electron chi connectivity index (χ1n) is 2.90. The van der Waals surface area contributed by atoms with Crippen LogP contribution in [0, 0.1) is 0 Å². The van der Waals surface area contributed by atoms with Crippen LogP contribution in [0.1, 0.15) is 5.56 Å². The standard InChI is InChI=1S/C6H9BrN2S/c1-9-6(10-2)5(3-7)4-8-9/h4H,3H2,1-2H3. The Morgan fingerprint density at radius 2 is 2.50 bits per heavy atom. The number of thioether (sulfide) groups is 1. The molecule has 0 bridgehead atoms. The van der Waals surface area contributed by atoms with Crippen LogP contribution in [-0.4, -0.2) is 16.0 Å². The van der Waals surface area contributed by atoms with Crippen LogP contribution in [0.5, 0.6) is 0 Å². The van der Waals surface area contributed by atoms with E-state index in [1.165, 1.54) is 10.6 Å². The fourth-order valence-corrected chi connectivity index (χ4v) is 2.12. The van der Waals surface area contributed by atoms with Crippen LogP contribution in [0.4, 0.5) is 0 Å². The lowest BCUT2D eigenvalue weighted by molar-refractivity contribution is 0.697. The number of nitrogens with zero attached hydrogens (tertiary/aromatic N) is 2. The molecule has 0 N–H and O–H groups in total. The first kappa shape index (κ1) is 8.14. The van der Waals surface area contributed by atoms with E-state index in [4.69, 9.17) is 0 Å². The SMILES string of the molecule is CSc1c(CBr)cnn1C. The van der Waals surface area contributed by atoms with Gasteiger partial charge in [-0.2, -0.15) is 5.10 Å². The highest BCUT2D eigenvalue weighted by Crippen LogP contribution is 2.20. The third-order valence-electron chi connectivity index (χ3n) is 1.29. The second-order valence-electron chi connectivity index (χ2n) is 1.94. The molecule has 4 heteroatoms. The first-order chi connectivity index (χ1) is 4.79. The summed E-state index contributed by atoms with van der Waals surface area (Å²) in [5.41, 5.74) is 1.26. The highest BCUT2D eigenvalue weighted by atomic mass is 79.9. The Bertz CT molecular complexity index is 222.